The highest BCUT2D eigenvalue weighted by Crippen LogP contribution is 2.12. The first-order valence-corrected chi connectivity index (χ1v) is 5.87. The van der Waals surface area contributed by atoms with E-state index < -0.39 is 5.97 Å². The van der Waals surface area contributed by atoms with Crippen molar-refractivity contribution >= 4 is 5.97 Å². The summed E-state index contributed by atoms with van der Waals surface area (Å²) in [5, 5.41) is 4.01. The van der Waals surface area contributed by atoms with Crippen LogP contribution in [0.4, 0.5) is 0 Å². The van der Waals surface area contributed by atoms with Crippen LogP contribution >= 0.6 is 0 Å². The van der Waals surface area contributed by atoms with Crippen LogP contribution in [0.1, 0.15) is 35.7 Å². The van der Waals surface area contributed by atoms with Gasteiger partial charge in [0, 0.05) is 6.04 Å². The SMILES string of the molecule is CC[C@H](N)c1ccc(-n2cnc(C(=O)OC)n2)cn1. The average molecular weight is 261 g/mol. The van der Waals surface area contributed by atoms with E-state index >= 15 is 0 Å². The zero-order valence-electron chi connectivity index (χ0n) is 10.8. The maximum absolute atomic E-state index is 11.2. The van der Waals surface area contributed by atoms with Crippen LogP contribution in [-0.2, 0) is 4.74 Å². The minimum Gasteiger partial charge on any atom is -0.463 e. The van der Waals surface area contributed by atoms with Crippen LogP contribution in [0.15, 0.2) is 24.7 Å². The normalized spacial score (nSPS) is 12.2. The summed E-state index contributed by atoms with van der Waals surface area (Å²) in [6, 6.07) is 3.59. The molecule has 0 fully saturated rings. The van der Waals surface area contributed by atoms with Gasteiger partial charge in [-0.3, -0.25) is 4.98 Å². The summed E-state index contributed by atoms with van der Waals surface area (Å²) in [6.45, 7) is 2.00. The van der Waals surface area contributed by atoms with E-state index in [1.165, 1.54) is 18.1 Å². The molecule has 2 aromatic rings. The molecule has 19 heavy (non-hydrogen) atoms. The fraction of sp³-hybridized carbons (Fsp3) is 0.333. The van der Waals surface area contributed by atoms with Gasteiger partial charge in [0.1, 0.15) is 6.33 Å². The quantitative estimate of drug-likeness (QED) is 0.820. The first kappa shape index (κ1) is 13.2. The third kappa shape index (κ3) is 2.76. The Morgan fingerprint density at radius 1 is 1.47 bits per heavy atom. The number of hydrogen-bond donors (Lipinski definition) is 1. The first-order chi connectivity index (χ1) is 9.15. The van der Waals surface area contributed by atoms with Crippen LogP contribution in [0.2, 0.25) is 0 Å². The van der Waals surface area contributed by atoms with Crippen molar-refractivity contribution in [3.63, 3.8) is 0 Å². The maximum Gasteiger partial charge on any atom is 0.377 e. The molecule has 2 rings (SSSR count). The highest BCUT2D eigenvalue weighted by atomic mass is 16.5. The molecule has 2 N–H and O–H groups in total. The van der Waals surface area contributed by atoms with E-state index in [-0.39, 0.29) is 11.9 Å². The van der Waals surface area contributed by atoms with Gasteiger partial charge in [0.15, 0.2) is 0 Å². The molecule has 0 saturated carbocycles. The Bertz CT molecular complexity index is 564. The molecule has 1 atom stereocenters. The lowest BCUT2D eigenvalue weighted by molar-refractivity contribution is 0.0587. The molecule has 0 bridgehead atoms. The van der Waals surface area contributed by atoms with Crippen LogP contribution in [0.5, 0.6) is 0 Å². The molecule has 7 heteroatoms. The highest BCUT2D eigenvalue weighted by molar-refractivity contribution is 5.84. The second kappa shape index (κ2) is 5.57. The van der Waals surface area contributed by atoms with Gasteiger partial charge in [-0.2, -0.15) is 0 Å². The Balaban J connectivity index is 2.22. The minimum absolute atomic E-state index is 0.0110. The van der Waals surface area contributed by atoms with Gasteiger partial charge < -0.3 is 10.5 Å². The summed E-state index contributed by atoms with van der Waals surface area (Å²) in [4.78, 5) is 19.4. The molecule has 2 aromatic heterocycles. The number of ether oxygens (including phenoxy) is 1. The second-order valence-electron chi connectivity index (χ2n) is 3.96. The molecule has 0 amide bonds. The summed E-state index contributed by atoms with van der Waals surface area (Å²) in [5.41, 5.74) is 7.41. The second-order valence-corrected chi connectivity index (χ2v) is 3.96. The molecule has 0 saturated heterocycles. The summed E-state index contributed by atoms with van der Waals surface area (Å²) in [6.07, 6.45) is 3.89. The monoisotopic (exact) mass is 261 g/mol. The third-order valence-electron chi connectivity index (χ3n) is 2.71. The lowest BCUT2D eigenvalue weighted by Crippen LogP contribution is -2.11. The molecule has 0 radical (unpaired) electrons. The molecule has 2 heterocycles. The van der Waals surface area contributed by atoms with Crippen molar-refractivity contribution in [2.24, 2.45) is 5.73 Å². The smallest absolute Gasteiger partial charge is 0.377 e. The molecule has 0 aliphatic rings. The Hall–Kier alpha value is -2.28. The molecular weight excluding hydrogens is 246 g/mol. The van der Waals surface area contributed by atoms with Gasteiger partial charge in [-0.05, 0) is 18.6 Å². The summed E-state index contributed by atoms with van der Waals surface area (Å²) >= 11 is 0. The van der Waals surface area contributed by atoms with Crippen molar-refractivity contribution in [2.45, 2.75) is 19.4 Å². The number of methoxy groups -OCH3 is 1. The Morgan fingerprint density at radius 2 is 2.26 bits per heavy atom. The van der Waals surface area contributed by atoms with Crippen molar-refractivity contribution in [3.8, 4) is 5.69 Å². The van der Waals surface area contributed by atoms with Crippen LogP contribution in [0.25, 0.3) is 5.69 Å². The molecule has 0 aromatic carbocycles. The number of nitrogens with zero attached hydrogens (tertiary/aromatic N) is 4. The number of aromatic nitrogens is 4. The third-order valence-corrected chi connectivity index (χ3v) is 2.71. The lowest BCUT2D eigenvalue weighted by atomic mass is 10.1. The predicted molar refractivity (Wildman–Crippen MR) is 67.7 cm³/mol. The fourth-order valence-corrected chi connectivity index (χ4v) is 1.53. The molecular formula is C12H15N5O2. The molecule has 0 unspecified atom stereocenters. The first-order valence-electron chi connectivity index (χ1n) is 5.87. The van der Waals surface area contributed by atoms with E-state index in [1.807, 2.05) is 19.1 Å². The van der Waals surface area contributed by atoms with Crippen molar-refractivity contribution in [1.82, 2.24) is 19.7 Å². The van der Waals surface area contributed by atoms with E-state index in [0.29, 0.717) is 5.69 Å². The largest absolute Gasteiger partial charge is 0.463 e. The summed E-state index contributed by atoms with van der Waals surface area (Å²) in [5.74, 6) is -0.562. The van der Waals surface area contributed by atoms with Crippen molar-refractivity contribution in [2.75, 3.05) is 7.11 Å². The molecule has 7 nitrogen and oxygen atoms in total. The van der Waals surface area contributed by atoms with E-state index in [9.17, 15) is 4.79 Å². The van der Waals surface area contributed by atoms with Gasteiger partial charge in [-0.1, -0.05) is 6.92 Å². The number of pyridine rings is 1. The van der Waals surface area contributed by atoms with Crippen molar-refractivity contribution in [3.05, 3.63) is 36.2 Å². The molecule has 100 valence electrons. The number of nitrogens with two attached hydrogens (primary N) is 1. The number of hydrogen-bond acceptors (Lipinski definition) is 6. The van der Waals surface area contributed by atoms with Gasteiger partial charge in [0.25, 0.3) is 5.82 Å². The van der Waals surface area contributed by atoms with Crippen LogP contribution < -0.4 is 5.73 Å². The summed E-state index contributed by atoms with van der Waals surface area (Å²) in [7, 11) is 1.28. The van der Waals surface area contributed by atoms with E-state index in [1.54, 1.807) is 6.20 Å². The van der Waals surface area contributed by atoms with E-state index in [0.717, 1.165) is 12.1 Å². The molecule has 0 aliphatic heterocycles. The van der Waals surface area contributed by atoms with Gasteiger partial charge in [0.2, 0.25) is 0 Å². The predicted octanol–water partition coefficient (Wildman–Crippen LogP) is 0.859. The average Bonchev–Trinajstić information content (AvgIpc) is 2.95. The summed E-state index contributed by atoms with van der Waals surface area (Å²) < 4.78 is 6.00. The topological polar surface area (TPSA) is 95.9 Å². The highest BCUT2D eigenvalue weighted by Gasteiger charge is 2.12. The van der Waals surface area contributed by atoms with E-state index in [4.69, 9.17) is 5.73 Å². The van der Waals surface area contributed by atoms with Crippen molar-refractivity contribution < 1.29 is 9.53 Å². The molecule has 0 spiro atoms. The number of carbonyl (C=O) groups is 1. The Morgan fingerprint density at radius 3 is 2.84 bits per heavy atom. The Labute approximate surface area is 110 Å². The molecule has 0 aliphatic carbocycles. The van der Waals surface area contributed by atoms with Gasteiger partial charge in [-0.15, -0.1) is 5.10 Å². The Kier molecular flexibility index (Phi) is 3.86. The van der Waals surface area contributed by atoms with Gasteiger partial charge in [-0.25, -0.2) is 14.5 Å². The zero-order valence-corrected chi connectivity index (χ0v) is 10.8. The maximum atomic E-state index is 11.2. The standard InChI is InChI=1S/C12H15N5O2/c1-3-9(13)10-5-4-8(6-14-10)17-7-15-11(16-17)12(18)19-2/h4-7,9H,3,13H2,1-2H3/t9-/m0/s1. The number of carbonyl (C=O) groups excluding carboxylic acids is 1. The van der Waals surface area contributed by atoms with Gasteiger partial charge in [0.05, 0.1) is 24.7 Å². The van der Waals surface area contributed by atoms with E-state index in [2.05, 4.69) is 19.8 Å². The minimum atomic E-state index is -0.573. The van der Waals surface area contributed by atoms with Crippen LogP contribution in [0, 0.1) is 0 Å². The van der Waals surface area contributed by atoms with Crippen LogP contribution in [0.3, 0.4) is 0 Å². The number of rotatable bonds is 4. The van der Waals surface area contributed by atoms with Crippen LogP contribution in [-0.4, -0.2) is 32.8 Å². The van der Waals surface area contributed by atoms with Gasteiger partial charge >= 0.3 is 5.97 Å². The zero-order chi connectivity index (χ0) is 13.8. The number of esters is 1. The lowest BCUT2D eigenvalue weighted by Gasteiger charge is -2.08. The fourth-order valence-electron chi connectivity index (χ4n) is 1.53. The van der Waals surface area contributed by atoms with Crippen molar-refractivity contribution in [1.29, 1.82) is 0 Å².